The van der Waals surface area contributed by atoms with E-state index in [1.54, 1.807) is 0 Å². The summed E-state index contributed by atoms with van der Waals surface area (Å²) in [4.78, 5) is 27.5. The summed E-state index contributed by atoms with van der Waals surface area (Å²) in [6, 6.07) is 17.5. The number of amides is 1. The molecule has 8 heteroatoms. The molecule has 2 atom stereocenters. The van der Waals surface area contributed by atoms with Gasteiger partial charge in [0.25, 0.3) is 0 Å². The van der Waals surface area contributed by atoms with Crippen LogP contribution in [0.4, 0.5) is 4.79 Å². The number of hydrazone groups is 1. The van der Waals surface area contributed by atoms with Crippen molar-refractivity contribution in [3.05, 3.63) is 70.7 Å². The predicted molar refractivity (Wildman–Crippen MR) is 119 cm³/mol. The Balaban J connectivity index is 1.65. The highest BCUT2D eigenvalue weighted by Crippen LogP contribution is 2.38. The smallest absolute Gasteiger partial charge is 0.307 e. The average Bonchev–Trinajstić information content (AvgIpc) is 3.32. The number of benzene rings is 2. The average molecular weight is 442 g/mol. The second kappa shape index (κ2) is 9.02. The molecule has 2 aliphatic rings. The van der Waals surface area contributed by atoms with Crippen LogP contribution in [0.15, 0.2) is 64.7 Å². The minimum Gasteiger partial charge on any atom is -0.466 e. The van der Waals surface area contributed by atoms with Gasteiger partial charge >= 0.3 is 11.2 Å². The van der Waals surface area contributed by atoms with Crippen LogP contribution in [0.2, 0.25) is 5.02 Å². The molecule has 2 aromatic carbocycles. The summed E-state index contributed by atoms with van der Waals surface area (Å²) in [6.07, 6.45) is 1.18. The van der Waals surface area contributed by atoms with Crippen molar-refractivity contribution in [1.29, 1.82) is 0 Å². The van der Waals surface area contributed by atoms with E-state index in [9.17, 15) is 9.59 Å². The maximum absolute atomic E-state index is 12.1. The van der Waals surface area contributed by atoms with Gasteiger partial charge < -0.3 is 4.74 Å². The van der Waals surface area contributed by atoms with E-state index in [-0.39, 0.29) is 29.1 Å². The number of carbonyl (C=O) groups is 2. The van der Waals surface area contributed by atoms with Crippen molar-refractivity contribution in [2.75, 3.05) is 6.61 Å². The van der Waals surface area contributed by atoms with Gasteiger partial charge in [0.15, 0.2) is 0 Å². The zero-order valence-electron chi connectivity index (χ0n) is 16.3. The molecule has 0 aromatic heterocycles. The Hall–Kier alpha value is -2.64. The van der Waals surface area contributed by atoms with E-state index in [1.165, 1.54) is 6.92 Å². The van der Waals surface area contributed by atoms with Gasteiger partial charge in [-0.3, -0.25) is 9.59 Å². The van der Waals surface area contributed by atoms with Crippen LogP contribution in [0.5, 0.6) is 0 Å². The highest BCUT2D eigenvalue weighted by Gasteiger charge is 2.39. The number of ether oxygens (including phenoxy) is 1. The van der Waals surface area contributed by atoms with Crippen LogP contribution in [0, 0.1) is 0 Å². The minimum atomic E-state index is -0.340. The number of hydrogen-bond acceptors (Lipinski definition) is 6. The summed E-state index contributed by atoms with van der Waals surface area (Å²) in [5, 5.41) is 6.90. The predicted octanol–water partition coefficient (Wildman–Crippen LogP) is 5.08. The van der Waals surface area contributed by atoms with Crippen LogP contribution < -0.4 is 0 Å². The Morgan fingerprint density at radius 3 is 2.63 bits per heavy atom. The number of rotatable bonds is 5. The number of hydrogen-bond donors (Lipinski definition) is 0. The Bertz CT molecular complexity index is 1010. The van der Waals surface area contributed by atoms with Crippen LogP contribution in [-0.2, 0) is 9.53 Å². The molecule has 2 aromatic rings. The summed E-state index contributed by atoms with van der Waals surface area (Å²) in [6.45, 7) is 1.60. The summed E-state index contributed by atoms with van der Waals surface area (Å²) < 4.78 is 5.08. The first-order valence-electron chi connectivity index (χ1n) is 9.61. The van der Waals surface area contributed by atoms with Crippen LogP contribution in [0.25, 0.3) is 0 Å². The van der Waals surface area contributed by atoms with Crippen LogP contribution in [0.3, 0.4) is 0 Å². The lowest BCUT2D eigenvalue weighted by molar-refractivity contribution is -0.140. The summed E-state index contributed by atoms with van der Waals surface area (Å²) in [5.41, 5.74) is 3.01. The first-order valence-corrected chi connectivity index (χ1v) is 10.9. The lowest BCUT2D eigenvalue weighted by Crippen LogP contribution is -2.33. The lowest BCUT2D eigenvalue weighted by Gasteiger charge is -2.26. The van der Waals surface area contributed by atoms with E-state index in [4.69, 9.17) is 21.4 Å². The first kappa shape index (κ1) is 20.6. The van der Waals surface area contributed by atoms with Gasteiger partial charge in [-0.15, -0.1) is 0 Å². The molecular formula is C22H20ClN3O3S. The van der Waals surface area contributed by atoms with Crippen molar-refractivity contribution in [1.82, 2.24) is 5.01 Å². The quantitative estimate of drug-likeness (QED) is 0.605. The third-order valence-electron chi connectivity index (χ3n) is 4.93. The number of amidine groups is 1. The Morgan fingerprint density at radius 1 is 1.20 bits per heavy atom. The molecule has 154 valence electrons. The van der Waals surface area contributed by atoms with Crippen molar-refractivity contribution in [3.8, 4) is 0 Å². The highest BCUT2D eigenvalue weighted by atomic mass is 35.5. The molecule has 6 nitrogen and oxygen atoms in total. The van der Waals surface area contributed by atoms with Gasteiger partial charge in [0.2, 0.25) is 0 Å². The van der Waals surface area contributed by atoms with Crippen molar-refractivity contribution >= 4 is 46.1 Å². The number of halogens is 1. The number of nitrogens with zero attached hydrogens (tertiary/aromatic N) is 3. The molecule has 30 heavy (non-hydrogen) atoms. The summed E-state index contributed by atoms with van der Waals surface area (Å²) in [7, 11) is 0. The van der Waals surface area contributed by atoms with Gasteiger partial charge in [-0.2, -0.15) is 10.1 Å². The van der Waals surface area contributed by atoms with Gasteiger partial charge in [-0.25, -0.2) is 5.01 Å². The zero-order chi connectivity index (χ0) is 21.1. The Labute approximate surface area is 184 Å². The highest BCUT2D eigenvalue weighted by molar-refractivity contribution is 8.15. The monoisotopic (exact) mass is 441 g/mol. The third kappa shape index (κ3) is 4.57. The second-order valence-electron chi connectivity index (χ2n) is 7.00. The second-order valence-corrected chi connectivity index (χ2v) is 8.59. The van der Waals surface area contributed by atoms with Crippen molar-refractivity contribution in [2.24, 2.45) is 10.1 Å². The van der Waals surface area contributed by atoms with E-state index in [0.717, 1.165) is 28.6 Å². The van der Waals surface area contributed by atoms with E-state index >= 15 is 0 Å². The normalized spacial score (nSPS) is 20.9. The molecule has 0 saturated heterocycles. The number of esters is 1. The van der Waals surface area contributed by atoms with Gasteiger partial charge in [0.1, 0.15) is 5.84 Å². The minimum absolute atomic E-state index is 0.0982. The number of carbonyl (C=O) groups excluding carboxylic acids is 2. The van der Waals surface area contributed by atoms with Crippen LogP contribution in [-0.4, -0.2) is 39.6 Å². The molecule has 4 rings (SSSR count). The molecule has 2 aliphatic heterocycles. The van der Waals surface area contributed by atoms with Gasteiger partial charge in [-0.1, -0.05) is 65.8 Å². The third-order valence-corrected chi connectivity index (χ3v) is 6.21. The van der Waals surface area contributed by atoms with Gasteiger partial charge in [0.05, 0.1) is 23.6 Å². The van der Waals surface area contributed by atoms with Crippen molar-refractivity contribution in [2.45, 2.75) is 31.1 Å². The molecule has 0 aliphatic carbocycles. The fourth-order valence-electron chi connectivity index (χ4n) is 3.53. The maximum Gasteiger partial charge on any atom is 0.307 e. The zero-order valence-corrected chi connectivity index (χ0v) is 17.9. The standard InChI is InChI=1S/C22H20ClN3O3S/c1-14(27)29-12-11-20-21(24-22(28)30-20)26-19(16-7-9-17(23)10-8-16)13-18(25-26)15-5-3-2-4-6-15/h2-10,19-20H,11-13H2,1H3/t19-,20-/m0/s1. The molecule has 0 saturated carbocycles. The van der Waals surface area contributed by atoms with Gasteiger partial charge in [-0.05, 0) is 23.3 Å². The molecule has 0 unspecified atom stereocenters. The molecule has 2 heterocycles. The van der Waals surface area contributed by atoms with E-state index in [2.05, 4.69) is 4.99 Å². The first-order chi connectivity index (χ1) is 14.5. The molecular weight excluding hydrogens is 422 g/mol. The maximum atomic E-state index is 12.1. The largest absolute Gasteiger partial charge is 0.466 e. The molecule has 0 bridgehead atoms. The molecule has 0 fully saturated rings. The summed E-state index contributed by atoms with van der Waals surface area (Å²) >= 11 is 7.22. The Morgan fingerprint density at radius 2 is 1.93 bits per heavy atom. The van der Waals surface area contributed by atoms with E-state index in [0.29, 0.717) is 23.7 Å². The fraction of sp³-hybridized carbons (Fsp3) is 0.273. The Kier molecular flexibility index (Phi) is 6.20. The number of aliphatic imine (C=N–C) groups is 1. The molecule has 0 radical (unpaired) electrons. The lowest BCUT2D eigenvalue weighted by atomic mass is 9.98. The van der Waals surface area contributed by atoms with E-state index < -0.39 is 0 Å². The molecule has 0 spiro atoms. The van der Waals surface area contributed by atoms with E-state index in [1.807, 2.05) is 59.6 Å². The fourth-order valence-corrected chi connectivity index (χ4v) is 4.53. The number of thioether (sulfide) groups is 1. The van der Waals surface area contributed by atoms with Crippen LogP contribution in [0.1, 0.15) is 36.9 Å². The van der Waals surface area contributed by atoms with Crippen LogP contribution >= 0.6 is 23.4 Å². The van der Waals surface area contributed by atoms with Gasteiger partial charge in [0, 0.05) is 24.8 Å². The molecule has 0 N–H and O–H groups in total. The van der Waals surface area contributed by atoms with Crippen molar-refractivity contribution in [3.63, 3.8) is 0 Å². The summed E-state index contributed by atoms with van der Waals surface area (Å²) in [5.74, 6) is 0.260. The topological polar surface area (TPSA) is 71.3 Å². The molecule has 1 amide bonds. The SMILES string of the molecule is CC(=O)OCC[C@@H]1SC(=O)N=C1N1N=C(c2ccccc2)C[C@H]1c1ccc(Cl)cc1. The van der Waals surface area contributed by atoms with Crippen molar-refractivity contribution < 1.29 is 14.3 Å².